The van der Waals surface area contributed by atoms with Crippen LogP contribution in [0.4, 0.5) is 17.6 Å². The first-order chi connectivity index (χ1) is 17.7. The Hall–Kier alpha value is -3.24. The van der Waals surface area contributed by atoms with Gasteiger partial charge in [0.05, 0.1) is 19.3 Å². The molecule has 1 saturated heterocycles. The van der Waals surface area contributed by atoms with E-state index in [1.165, 1.54) is 31.4 Å². The molecule has 1 aliphatic rings. The van der Waals surface area contributed by atoms with Gasteiger partial charge in [-0.15, -0.1) is 0 Å². The Morgan fingerprint density at radius 3 is 2.54 bits per heavy atom. The molecule has 0 saturated carbocycles. The molecule has 6 nitrogen and oxygen atoms in total. The normalized spacial score (nSPS) is 18.1. The summed E-state index contributed by atoms with van der Waals surface area (Å²) >= 11 is 0. The van der Waals surface area contributed by atoms with Crippen molar-refractivity contribution in [3.8, 4) is 11.3 Å². The molecule has 198 valence electrons. The molecule has 1 N–H and O–H groups in total. The number of aromatic nitrogens is 1. The van der Waals surface area contributed by atoms with Crippen molar-refractivity contribution in [2.75, 3.05) is 20.3 Å². The lowest BCUT2D eigenvalue weighted by molar-refractivity contribution is -0.176. The molecule has 2 heterocycles. The van der Waals surface area contributed by atoms with Gasteiger partial charge in [0.2, 0.25) is 0 Å². The Morgan fingerprint density at radius 1 is 1.14 bits per heavy atom. The molecule has 2 aromatic carbocycles. The minimum absolute atomic E-state index is 0.0245. The molecule has 0 spiro atoms. The first kappa shape index (κ1) is 26.8. The van der Waals surface area contributed by atoms with Gasteiger partial charge in [0.1, 0.15) is 18.1 Å². The third kappa shape index (κ3) is 7.39. The van der Waals surface area contributed by atoms with Crippen LogP contribution in [-0.2, 0) is 22.5 Å². The zero-order valence-electron chi connectivity index (χ0n) is 20.3. The highest BCUT2D eigenvalue weighted by Gasteiger charge is 2.30. The summed E-state index contributed by atoms with van der Waals surface area (Å²) in [6.45, 7) is -1.02. The second-order valence-electron chi connectivity index (χ2n) is 9.04. The zero-order valence-corrected chi connectivity index (χ0v) is 20.3. The molecular weight excluding hydrogens is 492 g/mol. The molecule has 0 bridgehead atoms. The lowest BCUT2D eigenvalue weighted by atomic mass is 9.89. The number of oxazole rings is 1. The Bertz CT molecular complexity index is 1180. The predicted molar refractivity (Wildman–Crippen MR) is 127 cm³/mol. The van der Waals surface area contributed by atoms with E-state index in [1.807, 2.05) is 12.1 Å². The number of benzene rings is 2. The fourth-order valence-corrected chi connectivity index (χ4v) is 4.45. The highest BCUT2D eigenvalue weighted by atomic mass is 19.4. The van der Waals surface area contributed by atoms with E-state index in [4.69, 9.17) is 13.9 Å². The Morgan fingerprint density at radius 2 is 1.86 bits per heavy atom. The molecule has 0 radical (unpaired) electrons. The van der Waals surface area contributed by atoms with Crippen molar-refractivity contribution in [1.82, 2.24) is 10.3 Å². The molecule has 1 fully saturated rings. The number of aryl methyl sites for hydroxylation is 1. The van der Waals surface area contributed by atoms with Crippen molar-refractivity contribution < 1.29 is 36.2 Å². The Labute approximate surface area is 212 Å². The van der Waals surface area contributed by atoms with Crippen LogP contribution in [0.25, 0.3) is 11.3 Å². The number of nitrogens with one attached hydrogen (secondary N) is 1. The number of hydrogen-bond donors (Lipinski definition) is 1. The molecule has 3 aromatic rings. The van der Waals surface area contributed by atoms with Crippen LogP contribution < -0.4 is 5.32 Å². The van der Waals surface area contributed by atoms with Crippen molar-refractivity contribution in [1.29, 1.82) is 0 Å². The smallest absolute Gasteiger partial charge is 0.411 e. The minimum atomic E-state index is -4.45. The number of carbonyl (C=O) groups is 1. The number of ether oxygens (including phenoxy) is 2. The third-order valence-electron chi connectivity index (χ3n) is 6.33. The molecule has 2 atom stereocenters. The van der Waals surface area contributed by atoms with Gasteiger partial charge in [-0.1, -0.05) is 12.1 Å². The number of esters is 1. The second kappa shape index (κ2) is 11.9. The van der Waals surface area contributed by atoms with E-state index in [0.29, 0.717) is 17.0 Å². The van der Waals surface area contributed by atoms with Crippen LogP contribution >= 0.6 is 0 Å². The summed E-state index contributed by atoms with van der Waals surface area (Å²) in [4.78, 5) is 16.1. The van der Waals surface area contributed by atoms with Gasteiger partial charge >= 0.3 is 12.1 Å². The van der Waals surface area contributed by atoms with E-state index in [0.717, 1.165) is 37.8 Å². The fourth-order valence-electron chi connectivity index (χ4n) is 4.45. The van der Waals surface area contributed by atoms with E-state index in [-0.39, 0.29) is 36.0 Å². The highest BCUT2D eigenvalue weighted by Crippen LogP contribution is 2.34. The second-order valence-corrected chi connectivity index (χ2v) is 9.04. The third-order valence-corrected chi connectivity index (χ3v) is 6.33. The average Bonchev–Trinajstić information content (AvgIpc) is 3.31. The summed E-state index contributed by atoms with van der Waals surface area (Å²) in [6.07, 6.45) is -1.30. The van der Waals surface area contributed by atoms with E-state index >= 15 is 0 Å². The van der Waals surface area contributed by atoms with E-state index < -0.39 is 18.6 Å². The van der Waals surface area contributed by atoms with Crippen molar-refractivity contribution in [3.05, 3.63) is 77.1 Å². The van der Waals surface area contributed by atoms with Crippen molar-refractivity contribution in [2.24, 2.45) is 0 Å². The van der Waals surface area contributed by atoms with Gasteiger partial charge in [-0.05, 0) is 74.2 Å². The lowest BCUT2D eigenvalue weighted by Gasteiger charge is -2.28. The monoisotopic (exact) mass is 520 g/mol. The van der Waals surface area contributed by atoms with E-state index in [9.17, 15) is 22.4 Å². The summed E-state index contributed by atoms with van der Waals surface area (Å²) in [6, 6.07) is 13.0. The topological polar surface area (TPSA) is 73.6 Å². The molecule has 2 unspecified atom stereocenters. The van der Waals surface area contributed by atoms with Crippen molar-refractivity contribution in [3.63, 3.8) is 0 Å². The average molecular weight is 521 g/mol. The van der Waals surface area contributed by atoms with Crippen LogP contribution in [0, 0.1) is 5.82 Å². The zero-order chi connectivity index (χ0) is 26.4. The number of nitrogens with zero attached hydrogens (tertiary/aromatic N) is 1. The molecule has 0 aliphatic carbocycles. The van der Waals surface area contributed by atoms with Crippen molar-refractivity contribution in [2.45, 2.75) is 50.4 Å². The first-order valence-electron chi connectivity index (χ1n) is 12.0. The first-order valence-corrected chi connectivity index (χ1v) is 12.0. The number of piperidine rings is 1. The molecule has 0 amide bonds. The standard InChI is InChI=1S/C27H28F4N2O4/c1-35-26(34)19-5-2-17(3-6-19)4-11-22-14-20(12-13-32-22)25-33-23(15-36-16-27(29,30)31)24(37-25)18-7-9-21(28)10-8-18/h2-3,5-10,20,22,32H,4,11-16H2,1H3. The quantitative estimate of drug-likeness (QED) is 0.283. The summed E-state index contributed by atoms with van der Waals surface area (Å²) in [5.41, 5.74) is 2.37. The minimum Gasteiger partial charge on any atom is -0.465 e. The maximum atomic E-state index is 13.4. The summed E-state index contributed by atoms with van der Waals surface area (Å²) < 4.78 is 66.8. The maximum Gasteiger partial charge on any atom is 0.411 e. The number of rotatable bonds is 9. The van der Waals surface area contributed by atoms with Crippen molar-refractivity contribution >= 4 is 5.97 Å². The Balaban J connectivity index is 1.44. The van der Waals surface area contributed by atoms with Gasteiger partial charge in [0.15, 0.2) is 11.7 Å². The van der Waals surface area contributed by atoms with Crippen LogP contribution in [0.5, 0.6) is 0 Å². The van der Waals surface area contributed by atoms with Gasteiger partial charge < -0.3 is 19.2 Å². The molecule has 4 rings (SSSR count). The number of carbonyl (C=O) groups excluding carboxylic acids is 1. The molecule has 1 aromatic heterocycles. The van der Waals surface area contributed by atoms with Crippen LogP contribution in [0.3, 0.4) is 0 Å². The van der Waals surface area contributed by atoms with Gasteiger partial charge in [-0.3, -0.25) is 0 Å². The predicted octanol–water partition coefficient (Wildman–Crippen LogP) is 5.81. The van der Waals surface area contributed by atoms with E-state index in [2.05, 4.69) is 10.3 Å². The largest absolute Gasteiger partial charge is 0.465 e. The molecular formula is C27H28F4N2O4. The summed E-state index contributed by atoms with van der Waals surface area (Å²) in [7, 11) is 1.34. The number of methoxy groups -OCH3 is 1. The molecule has 1 aliphatic heterocycles. The fraction of sp³-hybridized carbons (Fsp3) is 0.407. The SMILES string of the molecule is COC(=O)c1ccc(CCC2CC(c3nc(COCC(F)(F)F)c(-c4ccc(F)cc4)o3)CCN2)cc1. The number of hydrogen-bond acceptors (Lipinski definition) is 6. The van der Waals surface area contributed by atoms with Crippen LogP contribution in [0.2, 0.25) is 0 Å². The van der Waals surface area contributed by atoms with E-state index in [1.54, 1.807) is 12.1 Å². The lowest BCUT2D eigenvalue weighted by Crippen LogP contribution is -2.37. The van der Waals surface area contributed by atoms with Crippen LogP contribution in [-0.4, -0.2) is 43.4 Å². The van der Waals surface area contributed by atoms with Gasteiger partial charge in [0.25, 0.3) is 0 Å². The van der Waals surface area contributed by atoms with Gasteiger partial charge in [-0.2, -0.15) is 13.2 Å². The van der Waals surface area contributed by atoms with Gasteiger partial charge in [-0.25, -0.2) is 14.2 Å². The van der Waals surface area contributed by atoms with Gasteiger partial charge in [0, 0.05) is 17.5 Å². The van der Waals surface area contributed by atoms with Crippen LogP contribution in [0.1, 0.15) is 52.7 Å². The number of halogens is 4. The highest BCUT2D eigenvalue weighted by molar-refractivity contribution is 5.89. The number of alkyl halides is 3. The van der Waals surface area contributed by atoms with Crippen LogP contribution in [0.15, 0.2) is 52.9 Å². The summed E-state index contributed by atoms with van der Waals surface area (Å²) in [5.74, 6) is -0.0997. The molecule has 37 heavy (non-hydrogen) atoms. The summed E-state index contributed by atoms with van der Waals surface area (Å²) in [5, 5.41) is 3.50. The molecule has 10 heteroatoms. The Kier molecular flexibility index (Phi) is 8.60. The maximum absolute atomic E-state index is 13.4.